The van der Waals surface area contributed by atoms with Gasteiger partial charge in [0.25, 0.3) is 0 Å². The number of hydrogen-bond acceptors (Lipinski definition) is 4. The van der Waals surface area contributed by atoms with Crippen molar-refractivity contribution < 1.29 is 0 Å². The quantitative estimate of drug-likeness (QED) is 0.870. The lowest BCUT2D eigenvalue weighted by Gasteiger charge is -2.19. The molecule has 19 heavy (non-hydrogen) atoms. The standard InChI is InChI=1S/C15H29N3S/c1-7-18(8-2)10-9-12-17-14(15(4,5)6)13(19-12)11(3)16/h11H,7-10,16H2,1-6H3. The van der Waals surface area contributed by atoms with Gasteiger partial charge in [0.2, 0.25) is 0 Å². The third-order valence-electron chi connectivity index (χ3n) is 3.36. The number of aromatic nitrogens is 1. The van der Waals surface area contributed by atoms with Crippen molar-refractivity contribution in [1.82, 2.24) is 9.88 Å². The van der Waals surface area contributed by atoms with Gasteiger partial charge in [-0.15, -0.1) is 11.3 Å². The van der Waals surface area contributed by atoms with Crippen molar-refractivity contribution in [3.05, 3.63) is 15.6 Å². The Labute approximate surface area is 122 Å². The van der Waals surface area contributed by atoms with Crippen molar-refractivity contribution in [1.29, 1.82) is 0 Å². The number of rotatable bonds is 6. The lowest BCUT2D eigenvalue weighted by atomic mass is 9.90. The average Bonchev–Trinajstić information content (AvgIpc) is 2.74. The van der Waals surface area contributed by atoms with E-state index in [1.165, 1.54) is 15.6 Å². The van der Waals surface area contributed by atoms with Gasteiger partial charge >= 0.3 is 0 Å². The van der Waals surface area contributed by atoms with Crippen LogP contribution < -0.4 is 5.73 Å². The topological polar surface area (TPSA) is 42.2 Å². The van der Waals surface area contributed by atoms with E-state index in [2.05, 4.69) is 46.4 Å². The second kappa shape index (κ2) is 6.82. The van der Waals surface area contributed by atoms with E-state index in [4.69, 9.17) is 10.7 Å². The fourth-order valence-corrected chi connectivity index (χ4v) is 3.34. The Balaban J connectivity index is 2.87. The molecule has 110 valence electrons. The van der Waals surface area contributed by atoms with Crippen molar-refractivity contribution in [3.63, 3.8) is 0 Å². The van der Waals surface area contributed by atoms with E-state index < -0.39 is 0 Å². The van der Waals surface area contributed by atoms with Gasteiger partial charge in [-0.25, -0.2) is 4.98 Å². The Morgan fingerprint density at radius 2 is 1.84 bits per heavy atom. The zero-order valence-corrected chi connectivity index (χ0v) is 14.1. The van der Waals surface area contributed by atoms with Crippen LogP contribution in [0.1, 0.15) is 63.2 Å². The molecular weight excluding hydrogens is 254 g/mol. The molecule has 2 N–H and O–H groups in total. The molecule has 1 heterocycles. The molecule has 0 saturated heterocycles. The van der Waals surface area contributed by atoms with Gasteiger partial charge in [-0.1, -0.05) is 34.6 Å². The molecule has 4 heteroatoms. The summed E-state index contributed by atoms with van der Waals surface area (Å²) < 4.78 is 0. The van der Waals surface area contributed by atoms with E-state index in [9.17, 15) is 0 Å². The molecule has 1 rings (SSSR count). The minimum absolute atomic E-state index is 0.0763. The molecule has 1 aromatic rings. The summed E-state index contributed by atoms with van der Waals surface area (Å²) in [6.07, 6.45) is 1.03. The molecule has 1 aromatic heterocycles. The minimum Gasteiger partial charge on any atom is -0.323 e. The molecular formula is C15H29N3S. The van der Waals surface area contributed by atoms with Gasteiger partial charge in [0.05, 0.1) is 10.7 Å². The SMILES string of the molecule is CCN(CC)CCc1nc(C(C)(C)C)c(C(C)N)s1. The minimum atomic E-state index is 0.0763. The summed E-state index contributed by atoms with van der Waals surface area (Å²) in [6.45, 7) is 16.4. The van der Waals surface area contributed by atoms with Crippen molar-refractivity contribution in [2.75, 3.05) is 19.6 Å². The zero-order chi connectivity index (χ0) is 14.6. The number of nitrogens with two attached hydrogens (primary N) is 1. The Morgan fingerprint density at radius 3 is 2.21 bits per heavy atom. The normalized spacial score (nSPS) is 14.1. The average molecular weight is 283 g/mol. The van der Waals surface area contributed by atoms with Crippen LogP contribution in [-0.2, 0) is 11.8 Å². The van der Waals surface area contributed by atoms with Crippen molar-refractivity contribution >= 4 is 11.3 Å². The lowest BCUT2D eigenvalue weighted by Crippen LogP contribution is -2.25. The summed E-state index contributed by atoms with van der Waals surface area (Å²) >= 11 is 1.79. The third kappa shape index (κ3) is 4.55. The summed E-state index contributed by atoms with van der Waals surface area (Å²) in [5.41, 5.74) is 7.35. The molecule has 0 aromatic carbocycles. The maximum Gasteiger partial charge on any atom is 0.0944 e. The van der Waals surface area contributed by atoms with E-state index in [0.29, 0.717) is 0 Å². The van der Waals surface area contributed by atoms with Crippen LogP contribution in [0, 0.1) is 0 Å². The van der Waals surface area contributed by atoms with Crippen LogP contribution in [0.3, 0.4) is 0 Å². The Hall–Kier alpha value is -0.450. The van der Waals surface area contributed by atoms with E-state index >= 15 is 0 Å². The van der Waals surface area contributed by atoms with Crippen LogP contribution >= 0.6 is 11.3 Å². The summed E-state index contributed by atoms with van der Waals surface area (Å²) in [5.74, 6) is 0. The highest BCUT2D eigenvalue weighted by molar-refractivity contribution is 7.11. The van der Waals surface area contributed by atoms with Gasteiger partial charge in [0.15, 0.2) is 0 Å². The Bertz CT molecular complexity index is 387. The molecule has 0 saturated carbocycles. The first-order chi connectivity index (χ1) is 8.79. The summed E-state index contributed by atoms with van der Waals surface area (Å²) in [6, 6.07) is 0.0777. The first-order valence-corrected chi connectivity index (χ1v) is 8.09. The van der Waals surface area contributed by atoms with Crippen LogP contribution in [0.15, 0.2) is 0 Å². The van der Waals surface area contributed by atoms with Crippen molar-refractivity contribution in [2.45, 2.75) is 59.4 Å². The highest BCUT2D eigenvalue weighted by Crippen LogP contribution is 2.33. The fourth-order valence-electron chi connectivity index (χ4n) is 2.12. The fraction of sp³-hybridized carbons (Fsp3) is 0.800. The van der Waals surface area contributed by atoms with Crippen molar-refractivity contribution in [3.8, 4) is 0 Å². The van der Waals surface area contributed by atoms with Crippen LogP contribution in [0.4, 0.5) is 0 Å². The summed E-state index contributed by atoms with van der Waals surface area (Å²) in [5, 5.41) is 1.23. The molecule has 0 spiro atoms. The van der Waals surface area contributed by atoms with Gasteiger partial charge < -0.3 is 10.6 Å². The van der Waals surface area contributed by atoms with Gasteiger partial charge in [0, 0.05) is 29.3 Å². The monoisotopic (exact) mass is 283 g/mol. The van der Waals surface area contributed by atoms with Gasteiger partial charge in [-0.3, -0.25) is 0 Å². The predicted octanol–water partition coefficient (Wildman–Crippen LogP) is 3.34. The third-order valence-corrected chi connectivity index (χ3v) is 4.67. The molecule has 0 aliphatic rings. The van der Waals surface area contributed by atoms with Crippen LogP contribution in [-0.4, -0.2) is 29.5 Å². The van der Waals surface area contributed by atoms with E-state index in [0.717, 1.165) is 26.1 Å². The molecule has 0 fully saturated rings. The number of nitrogens with zero attached hydrogens (tertiary/aromatic N) is 2. The Kier molecular flexibility index (Phi) is 5.96. The van der Waals surface area contributed by atoms with E-state index in [1.807, 2.05) is 0 Å². The van der Waals surface area contributed by atoms with Gasteiger partial charge in [0.1, 0.15) is 0 Å². The van der Waals surface area contributed by atoms with Crippen molar-refractivity contribution in [2.24, 2.45) is 5.73 Å². The van der Waals surface area contributed by atoms with Gasteiger partial charge in [-0.05, 0) is 20.0 Å². The summed E-state index contributed by atoms with van der Waals surface area (Å²) in [7, 11) is 0. The van der Waals surface area contributed by atoms with Gasteiger partial charge in [-0.2, -0.15) is 0 Å². The van der Waals surface area contributed by atoms with Crippen LogP contribution in [0.2, 0.25) is 0 Å². The number of likely N-dealkylation sites (N-methyl/N-ethyl adjacent to an activating group) is 1. The number of thiazole rings is 1. The molecule has 1 unspecified atom stereocenters. The highest BCUT2D eigenvalue weighted by atomic mass is 32.1. The maximum atomic E-state index is 6.09. The number of hydrogen-bond donors (Lipinski definition) is 1. The molecule has 1 atom stereocenters. The summed E-state index contributed by atoms with van der Waals surface area (Å²) in [4.78, 5) is 8.54. The molecule has 0 amide bonds. The lowest BCUT2D eigenvalue weighted by molar-refractivity contribution is 0.307. The first-order valence-electron chi connectivity index (χ1n) is 7.27. The maximum absolute atomic E-state index is 6.09. The molecule has 0 radical (unpaired) electrons. The van der Waals surface area contributed by atoms with Crippen LogP contribution in [0.25, 0.3) is 0 Å². The molecule has 3 nitrogen and oxygen atoms in total. The molecule has 0 aliphatic heterocycles. The zero-order valence-electron chi connectivity index (χ0n) is 13.3. The second-order valence-electron chi connectivity index (χ2n) is 6.14. The van der Waals surface area contributed by atoms with E-state index in [-0.39, 0.29) is 11.5 Å². The molecule has 0 bridgehead atoms. The molecule has 0 aliphatic carbocycles. The Morgan fingerprint density at radius 1 is 1.26 bits per heavy atom. The highest BCUT2D eigenvalue weighted by Gasteiger charge is 2.24. The van der Waals surface area contributed by atoms with Crippen LogP contribution in [0.5, 0.6) is 0 Å². The van der Waals surface area contributed by atoms with E-state index in [1.54, 1.807) is 11.3 Å². The largest absolute Gasteiger partial charge is 0.323 e. The predicted molar refractivity (Wildman–Crippen MR) is 84.9 cm³/mol. The second-order valence-corrected chi connectivity index (χ2v) is 7.25. The first kappa shape index (κ1) is 16.6. The smallest absolute Gasteiger partial charge is 0.0944 e.